The highest BCUT2D eigenvalue weighted by molar-refractivity contribution is 5.81. The van der Waals surface area contributed by atoms with Gasteiger partial charge in [0.1, 0.15) is 5.54 Å². The Kier molecular flexibility index (Phi) is 6.06. The van der Waals surface area contributed by atoms with Crippen molar-refractivity contribution in [3.8, 4) is 0 Å². The van der Waals surface area contributed by atoms with Crippen LogP contribution in [0.3, 0.4) is 0 Å². The van der Waals surface area contributed by atoms with Gasteiger partial charge in [0.2, 0.25) is 0 Å². The van der Waals surface area contributed by atoms with Crippen molar-refractivity contribution in [1.29, 1.82) is 0 Å². The lowest BCUT2D eigenvalue weighted by Crippen LogP contribution is -2.59. The van der Waals surface area contributed by atoms with E-state index in [9.17, 15) is 4.79 Å². The molecule has 0 amide bonds. The van der Waals surface area contributed by atoms with Crippen LogP contribution in [-0.2, 0) is 9.53 Å². The number of piperidine rings is 1. The number of hydrogen-bond donors (Lipinski definition) is 1. The molecule has 0 spiro atoms. The van der Waals surface area contributed by atoms with E-state index in [2.05, 4.69) is 17.1 Å². The van der Waals surface area contributed by atoms with Crippen LogP contribution in [0.2, 0.25) is 0 Å². The molecule has 21 heavy (non-hydrogen) atoms. The van der Waals surface area contributed by atoms with Gasteiger partial charge in [-0.05, 0) is 65.5 Å². The molecule has 0 aromatic rings. The molecule has 4 heteroatoms. The van der Waals surface area contributed by atoms with Gasteiger partial charge < -0.3 is 10.1 Å². The second-order valence-electron chi connectivity index (χ2n) is 6.60. The Morgan fingerprint density at radius 2 is 2.10 bits per heavy atom. The first-order valence-corrected chi connectivity index (χ1v) is 8.78. The molecule has 3 unspecified atom stereocenters. The van der Waals surface area contributed by atoms with Gasteiger partial charge in [-0.2, -0.15) is 0 Å². The molecule has 2 fully saturated rings. The van der Waals surface area contributed by atoms with Crippen molar-refractivity contribution >= 4 is 5.97 Å². The van der Waals surface area contributed by atoms with E-state index in [0.717, 1.165) is 19.3 Å². The van der Waals surface area contributed by atoms with Crippen LogP contribution in [0.4, 0.5) is 0 Å². The lowest BCUT2D eigenvalue weighted by atomic mass is 9.77. The van der Waals surface area contributed by atoms with E-state index in [1.807, 2.05) is 14.0 Å². The van der Waals surface area contributed by atoms with Crippen LogP contribution < -0.4 is 5.32 Å². The summed E-state index contributed by atoms with van der Waals surface area (Å²) in [5.41, 5.74) is -0.464. The van der Waals surface area contributed by atoms with Crippen molar-refractivity contribution < 1.29 is 9.53 Å². The molecule has 4 nitrogen and oxygen atoms in total. The number of rotatable bonds is 5. The average Bonchev–Trinajstić information content (AvgIpc) is 2.55. The first-order chi connectivity index (χ1) is 10.2. The van der Waals surface area contributed by atoms with Crippen LogP contribution in [0.25, 0.3) is 0 Å². The summed E-state index contributed by atoms with van der Waals surface area (Å²) in [5.74, 6) is -0.0535. The average molecular weight is 296 g/mol. The van der Waals surface area contributed by atoms with E-state index < -0.39 is 5.54 Å². The fraction of sp³-hybridized carbons (Fsp3) is 0.941. The van der Waals surface area contributed by atoms with E-state index in [-0.39, 0.29) is 5.97 Å². The summed E-state index contributed by atoms with van der Waals surface area (Å²) < 4.78 is 5.34. The zero-order valence-corrected chi connectivity index (χ0v) is 14.0. The van der Waals surface area contributed by atoms with Gasteiger partial charge in [0, 0.05) is 12.1 Å². The van der Waals surface area contributed by atoms with Crippen LogP contribution in [-0.4, -0.2) is 48.7 Å². The molecule has 1 saturated heterocycles. The van der Waals surface area contributed by atoms with Gasteiger partial charge in [0.25, 0.3) is 0 Å². The number of ether oxygens (including phenoxy) is 1. The Bertz CT molecular complexity index is 348. The van der Waals surface area contributed by atoms with Gasteiger partial charge in [-0.15, -0.1) is 0 Å². The maximum atomic E-state index is 12.4. The highest BCUT2D eigenvalue weighted by Crippen LogP contribution is 2.35. The first kappa shape index (κ1) is 16.8. The van der Waals surface area contributed by atoms with Gasteiger partial charge in [-0.3, -0.25) is 9.69 Å². The first-order valence-electron chi connectivity index (χ1n) is 8.78. The molecule has 0 radical (unpaired) electrons. The Morgan fingerprint density at radius 3 is 2.76 bits per heavy atom. The van der Waals surface area contributed by atoms with Crippen LogP contribution in [0.15, 0.2) is 0 Å². The number of nitrogens with one attached hydrogen (secondary N) is 1. The fourth-order valence-electron chi connectivity index (χ4n) is 4.25. The van der Waals surface area contributed by atoms with Crippen molar-refractivity contribution in [3.63, 3.8) is 0 Å². The molecule has 1 aliphatic carbocycles. The van der Waals surface area contributed by atoms with Crippen LogP contribution in [0.1, 0.15) is 65.2 Å². The van der Waals surface area contributed by atoms with Crippen molar-refractivity contribution in [1.82, 2.24) is 10.2 Å². The SMILES string of the molecule is CCOC(=O)C1(NC)CCCC(N2CCCCC2CC)C1. The van der Waals surface area contributed by atoms with E-state index in [0.29, 0.717) is 18.7 Å². The maximum absolute atomic E-state index is 12.4. The van der Waals surface area contributed by atoms with Crippen LogP contribution in [0.5, 0.6) is 0 Å². The molecule has 1 N–H and O–H groups in total. The summed E-state index contributed by atoms with van der Waals surface area (Å²) in [6.45, 7) is 5.85. The number of esters is 1. The predicted octanol–water partition coefficient (Wildman–Crippen LogP) is 2.71. The van der Waals surface area contributed by atoms with Crippen LogP contribution >= 0.6 is 0 Å². The summed E-state index contributed by atoms with van der Waals surface area (Å²) in [7, 11) is 1.91. The normalized spacial score (nSPS) is 34.6. The number of likely N-dealkylation sites (tertiary alicyclic amines) is 1. The van der Waals surface area contributed by atoms with E-state index >= 15 is 0 Å². The molecule has 3 atom stereocenters. The predicted molar refractivity (Wildman–Crippen MR) is 85.3 cm³/mol. The highest BCUT2D eigenvalue weighted by atomic mass is 16.5. The number of hydrogen-bond acceptors (Lipinski definition) is 4. The number of likely N-dealkylation sites (N-methyl/N-ethyl adjacent to an activating group) is 1. The van der Waals surface area contributed by atoms with Gasteiger partial charge in [-0.25, -0.2) is 0 Å². The second-order valence-corrected chi connectivity index (χ2v) is 6.60. The molecule has 2 aliphatic rings. The lowest BCUT2D eigenvalue weighted by molar-refractivity contribution is -0.154. The minimum Gasteiger partial charge on any atom is -0.465 e. The summed E-state index contributed by atoms with van der Waals surface area (Å²) in [5, 5.41) is 3.30. The maximum Gasteiger partial charge on any atom is 0.326 e. The largest absolute Gasteiger partial charge is 0.465 e. The molecule has 2 rings (SSSR count). The van der Waals surface area contributed by atoms with Gasteiger partial charge in [0.15, 0.2) is 0 Å². The Hall–Kier alpha value is -0.610. The summed E-state index contributed by atoms with van der Waals surface area (Å²) in [6.07, 6.45) is 9.34. The minimum atomic E-state index is -0.464. The minimum absolute atomic E-state index is 0.0535. The highest BCUT2D eigenvalue weighted by Gasteiger charge is 2.45. The molecule has 1 saturated carbocycles. The van der Waals surface area contributed by atoms with E-state index in [4.69, 9.17) is 4.74 Å². The van der Waals surface area contributed by atoms with Gasteiger partial charge in [0.05, 0.1) is 6.61 Å². The molecular formula is C17H32N2O2. The van der Waals surface area contributed by atoms with Crippen LogP contribution in [0, 0.1) is 0 Å². The zero-order valence-electron chi connectivity index (χ0n) is 14.0. The Balaban J connectivity index is 2.09. The third-order valence-corrected chi connectivity index (χ3v) is 5.48. The Morgan fingerprint density at radius 1 is 1.29 bits per heavy atom. The molecular weight excluding hydrogens is 264 g/mol. The fourth-order valence-corrected chi connectivity index (χ4v) is 4.25. The second kappa shape index (κ2) is 7.59. The smallest absolute Gasteiger partial charge is 0.326 e. The van der Waals surface area contributed by atoms with Crippen molar-refractivity contribution in [2.24, 2.45) is 0 Å². The van der Waals surface area contributed by atoms with E-state index in [1.165, 1.54) is 38.6 Å². The number of carbonyl (C=O) groups is 1. The van der Waals surface area contributed by atoms with Crippen molar-refractivity contribution in [2.45, 2.75) is 82.8 Å². The summed E-state index contributed by atoms with van der Waals surface area (Å²) in [4.78, 5) is 15.1. The summed E-state index contributed by atoms with van der Waals surface area (Å²) in [6, 6.07) is 1.24. The quantitative estimate of drug-likeness (QED) is 0.792. The molecule has 1 heterocycles. The number of nitrogens with zero attached hydrogens (tertiary/aromatic N) is 1. The standard InChI is InChI=1S/C17H32N2O2/c1-4-14-9-6-7-12-19(14)15-10-8-11-17(13-15,18-3)16(20)21-5-2/h14-15,18H,4-13H2,1-3H3. The van der Waals surface area contributed by atoms with Crippen molar-refractivity contribution in [2.75, 3.05) is 20.2 Å². The summed E-state index contributed by atoms with van der Waals surface area (Å²) >= 11 is 0. The zero-order chi connectivity index (χ0) is 15.3. The van der Waals surface area contributed by atoms with Crippen molar-refractivity contribution in [3.05, 3.63) is 0 Å². The topological polar surface area (TPSA) is 41.6 Å². The van der Waals surface area contributed by atoms with Gasteiger partial charge >= 0.3 is 5.97 Å². The molecule has 0 bridgehead atoms. The molecule has 0 aromatic heterocycles. The monoisotopic (exact) mass is 296 g/mol. The Labute approximate surface area is 129 Å². The lowest BCUT2D eigenvalue weighted by Gasteiger charge is -2.47. The number of carbonyl (C=O) groups excluding carboxylic acids is 1. The molecule has 1 aliphatic heterocycles. The third kappa shape index (κ3) is 3.59. The molecule has 0 aromatic carbocycles. The third-order valence-electron chi connectivity index (χ3n) is 5.48. The van der Waals surface area contributed by atoms with Gasteiger partial charge in [-0.1, -0.05) is 13.3 Å². The van der Waals surface area contributed by atoms with E-state index in [1.54, 1.807) is 0 Å². The molecule has 122 valence electrons.